The first-order valence-corrected chi connectivity index (χ1v) is 6.87. The van der Waals surface area contributed by atoms with Gasteiger partial charge in [-0.05, 0) is 12.8 Å². The van der Waals surface area contributed by atoms with Gasteiger partial charge in [-0.3, -0.25) is 24.6 Å². The fraction of sp³-hybridized carbons (Fsp3) is 0.769. The van der Waals surface area contributed by atoms with E-state index in [1.807, 2.05) is 0 Å². The van der Waals surface area contributed by atoms with Gasteiger partial charge in [-0.2, -0.15) is 0 Å². The van der Waals surface area contributed by atoms with E-state index in [1.54, 1.807) is 0 Å². The van der Waals surface area contributed by atoms with Crippen LogP contribution in [0, 0.1) is 0 Å². The van der Waals surface area contributed by atoms with Crippen molar-refractivity contribution in [3.8, 4) is 0 Å². The molecule has 0 aromatic rings. The molecule has 2 aliphatic rings. The van der Waals surface area contributed by atoms with Crippen molar-refractivity contribution in [3.63, 3.8) is 0 Å². The third kappa shape index (κ3) is 2.94. The highest BCUT2D eigenvalue weighted by Crippen LogP contribution is 2.30. The molecule has 1 saturated heterocycles. The lowest BCUT2D eigenvalue weighted by molar-refractivity contribution is -0.159. The predicted octanol–water partition coefficient (Wildman–Crippen LogP) is 0.512. The lowest BCUT2D eigenvalue weighted by Crippen LogP contribution is -2.67. The zero-order valence-electron chi connectivity index (χ0n) is 11.0. The molecule has 0 radical (unpaired) electrons. The summed E-state index contributed by atoms with van der Waals surface area (Å²) in [6.07, 6.45) is 6.61. The van der Waals surface area contributed by atoms with Crippen LogP contribution < -0.4 is 5.32 Å². The van der Waals surface area contributed by atoms with Crippen molar-refractivity contribution in [2.75, 3.05) is 13.1 Å². The standard InChI is InChI=1S/C13H20N2O4/c16-10-8-14-13(6-4-2-1-3-5-7-13)12(19)15(10)9-11(17)18/h14H,1-9H2,(H,17,18). The summed E-state index contributed by atoms with van der Waals surface area (Å²) < 4.78 is 0. The molecule has 1 heterocycles. The lowest BCUT2D eigenvalue weighted by atomic mass is 9.81. The second-order valence-corrected chi connectivity index (χ2v) is 5.38. The SMILES string of the molecule is O=C(O)CN1C(=O)CNC2(CCCCCCC2)C1=O. The van der Waals surface area contributed by atoms with Crippen LogP contribution in [0.25, 0.3) is 0 Å². The van der Waals surface area contributed by atoms with Gasteiger partial charge in [-0.25, -0.2) is 0 Å². The minimum Gasteiger partial charge on any atom is -0.480 e. The average molecular weight is 268 g/mol. The molecule has 1 saturated carbocycles. The van der Waals surface area contributed by atoms with E-state index in [4.69, 9.17) is 5.11 Å². The summed E-state index contributed by atoms with van der Waals surface area (Å²) in [4.78, 5) is 35.9. The van der Waals surface area contributed by atoms with E-state index in [1.165, 1.54) is 6.42 Å². The van der Waals surface area contributed by atoms with Crippen LogP contribution in [0.1, 0.15) is 44.9 Å². The minimum atomic E-state index is -1.15. The first-order valence-electron chi connectivity index (χ1n) is 6.87. The molecule has 0 aromatic carbocycles. The zero-order valence-corrected chi connectivity index (χ0v) is 11.0. The quantitative estimate of drug-likeness (QED) is 0.713. The Kier molecular flexibility index (Phi) is 4.19. The summed E-state index contributed by atoms with van der Waals surface area (Å²) in [5, 5.41) is 11.9. The fourth-order valence-corrected chi connectivity index (χ4v) is 2.98. The lowest BCUT2D eigenvalue weighted by Gasteiger charge is -2.42. The number of nitrogens with zero attached hydrogens (tertiary/aromatic N) is 1. The van der Waals surface area contributed by atoms with E-state index in [-0.39, 0.29) is 12.5 Å². The third-order valence-corrected chi connectivity index (χ3v) is 4.03. The number of carboxylic acids is 1. The Hall–Kier alpha value is -1.43. The maximum Gasteiger partial charge on any atom is 0.323 e. The number of carbonyl (C=O) groups is 3. The highest BCUT2D eigenvalue weighted by atomic mass is 16.4. The predicted molar refractivity (Wildman–Crippen MR) is 67.4 cm³/mol. The highest BCUT2D eigenvalue weighted by molar-refractivity contribution is 6.05. The molecule has 0 atom stereocenters. The molecule has 19 heavy (non-hydrogen) atoms. The largest absolute Gasteiger partial charge is 0.480 e. The number of carboxylic acid groups (broad SMARTS) is 1. The number of carbonyl (C=O) groups excluding carboxylic acids is 2. The minimum absolute atomic E-state index is 0.0546. The Labute approximate surface area is 112 Å². The molecule has 6 nitrogen and oxygen atoms in total. The van der Waals surface area contributed by atoms with Crippen LogP contribution >= 0.6 is 0 Å². The smallest absolute Gasteiger partial charge is 0.323 e. The van der Waals surface area contributed by atoms with Crippen molar-refractivity contribution in [2.24, 2.45) is 0 Å². The number of imide groups is 1. The Balaban J connectivity index is 2.17. The molecule has 0 bridgehead atoms. The Morgan fingerprint density at radius 1 is 1.16 bits per heavy atom. The van der Waals surface area contributed by atoms with E-state index >= 15 is 0 Å². The maximum atomic E-state index is 12.5. The topological polar surface area (TPSA) is 86.7 Å². The van der Waals surface area contributed by atoms with Gasteiger partial charge in [0.25, 0.3) is 0 Å². The van der Waals surface area contributed by atoms with E-state index in [2.05, 4.69) is 5.32 Å². The molecule has 2 rings (SSSR count). The fourth-order valence-electron chi connectivity index (χ4n) is 2.98. The first kappa shape index (κ1) is 14.0. The summed E-state index contributed by atoms with van der Waals surface area (Å²) in [7, 11) is 0. The monoisotopic (exact) mass is 268 g/mol. The van der Waals surface area contributed by atoms with Gasteiger partial charge >= 0.3 is 5.97 Å². The van der Waals surface area contributed by atoms with Crippen LogP contribution in [0.4, 0.5) is 0 Å². The van der Waals surface area contributed by atoms with E-state index in [0.29, 0.717) is 12.8 Å². The van der Waals surface area contributed by atoms with E-state index in [9.17, 15) is 14.4 Å². The highest BCUT2D eigenvalue weighted by Gasteiger charge is 2.46. The van der Waals surface area contributed by atoms with Crippen molar-refractivity contribution in [1.29, 1.82) is 0 Å². The van der Waals surface area contributed by atoms with Gasteiger partial charge in [0.2, 0.25) is 11.8 Å². The Morgan fingerprint density at radius 3 is 2.32 bits per heavy atom. The molecular formula is C13H20N2O4. The molecule has 0 aromatic heterocycles. The van der Waals surface area contributed by atoms with Crippen LogP contribution in [0.3, 0.4) is 0 Å². The number of nitrogens with one attached hydrogen (secondary N) is 1. The van der Waals surface area contributed by atoms with Crippen molar-refractivity contribution in [3.05, 3.63) is 0 Å². The van der Waals surface area contributed by atoms with Crippen molar-refractivity contribution in [2.45, 2.75) is 50.5 Å². The normalized spacial score (nSPS) is 24.1. The Morgan fingerprint density at radius 2 is 1.74 bits per heavy atom. The van der Waals surface area contributed by atoms with Gasteiger partial charge in [0.05, 0.1) is 12.1 Å². The summed E-state index contributed by atoms with van der Waals surface area (Å²) in [5.74, 6) is -1.95. The first-order chi connectivity index (χ1) is 9.05. The average Bonchev–Trinajstić information content (AvgIpc) is 2.33. The molecule has 6 heteroatoms. The van der Waals surface area contributed by atoms with Crippen LogP contribution in [-0.4, -0.2) is 46.4 Å². The molecule has 1 aliphatic heterocycles. The number of piperazine rings is 1. The molecule has 1 spiro atoms. The number of amides is 2. The van der Waals surface area contributed by atoms with Crippen LogP contribution in [0.2, 0.25) is 0 Å². The van der Waals surface area contributed by atoms with Crippen LogP contribution in [0.15, 0.2) is 0 Å². The summed E-state index contributed by atoms with van der Waals surface area (Å²) in [5.41, 5.74) is -0.718. The number of rotatable bonds is 2. The second kappa shape index (κ2) is 5.69. The van der Waals surface area contributed by atoms with Gasteiger partial charge < -0.3 is 5.11 Å². The molecular weight excluding hydrogens is 248 g/mol. The number of hydrogen-bond acceptors (Lipinski definition) is 4. The van der Waals surface area contributed by atoms with E-state index in [0.717, 1.165) is 30.6 Å². The molecule has 2 amide bonds. The number of aliphatic carboxylic acids is 1. The Bertz CT molecular complexity index is 386. The summed E-state index contributed by atoms with van der Waals surface area (Å²) in [6, 6.07) is 0. The van der Waals surface area contributed by atoms with Crippen LogP contribution in [0.5, 0.6) is 0 Å². The molecule has 106 valence electrons. The van der Waals surface area contributed by atoms with Gasteiger partial charge in [0, 0.05) is 0 Å². The summed E-state index contributed by atoms with van der Waals surface area (Å²) >= 11 is 0. The molecule has 1 aliphatic carbocycles. The van der Waals surface area contributed by atoms with Crippen molar-refractivity contribution in [1.82, 2.24) is 10.2 Å². The van der Waals surface area contributed by atoms with Gasteiger partial charge in [-0.1, -0.05) is 32.1 Å². The third-order valence-electron chi connectivity index (χ3n) is 4.03. The second-order valence-electron chi connectivity index (χ2n) is 5.38. The summed E-state index contributed by atoms with van der Waals surface area (Å²) in [6.45, 7) is -0.472. The van der Waals surface area contributed by atoms with Crippen LogP contribution in [-0.2, 0) is 14.4 Å². The van der Waals surface area contributed by atoms with Gasteiger partial charge in [-0.15, -0.1) is 0 Å². The van der Waals surface area contributed by atoms with Gasteiger partial charge in [0.1, 0.15) is 6.54 Å². The zero-order chi connectivity index (χ0) is 13.9. The molecule has 2 fully saturated rings. The molecule has 2 N–H and O–H groups in total. The van der Waals surface area contributed by atoms with Gasteiger partial charge in [0.15, 0.2) is 0 Å². The maximum absolute atomic E-state index is 12.5. The molecule has 0 unspecified atom stereocenters. The van der Waals surface area contributed by atoms with E-state index < -0.39 is 24.0 Å². The number of hydrogen-bond donors (Lipinski definition) is 2. The van der Waals surface area contributed by atoms with Crippen molar-refractivity contribution >= 4 is 17.8 Å². The van der Waals surface area contributed by atoms with Crippen molar-refractivity contribution < 1.29 is 19.5 Å².